The van der Waals surface area contributed by atoms with Gasteiger partial charge in [0.1, 0.15) is 0 Å². The van der Waals surface area contributed by atoms with E-state index in [-0.39, 0.29) is 0 Å². The van der Waals surface area contributed by atoms with E-state index in [9.17, 15) is 5.11 Å². The minimum absolute atomic E-state index is 0.370. The maximum atomic E-state index is 9.48. The first-order valence-electron chi connectivity index (χ1n) is 5.54. The molecule has 5 atom stereocenters. The molecule has 0 aromatic rings. The Morgan fingerprint density at radius 1 is 1.31 bits per heavy atom. The third kappa shape index (κ3) is 0.962. The van der Waals surface area contributed by atoms with Crippen LogP contribution in [0.3, 0.4) is 0 Å². The second-order valence-corrected chi connectivity index (χ2v) is 5.33. The average molecular weight is 182 g/mol. The molecule has 0 aromatic carbocycles. The van der Waals surface area contributed by atoms with E-state index < -0.39 is 6.29 Å². The molecule has 0 aromatic heterocycles. The molecular weight excluding hydrogens is 164 g/mol. The molecular formula is C11H18O2. The second kappa shape index (κ2) is 2.48. The van der Waals surface area contributed by atoms with E-state index in [0.29, 0.717) is 11.5 Å². The summed E-state index contributed by atoms with van der Waals surface area (Å²) in [5.74, 6) is 1.64. The third-order valence-corrected chi connectivity index (χ3v) is 4.72. The Kier molecular flexibility index (Phi) is 1.58. The van der Waals surface area contributed by atoms with Crippen LogP contribution in [0.1, 0.15) is 39.0 Å². The highest BCUT2D eigenvalue weighted by Gasteiger charge is 2.57. The summed E-state index contributed by atoms with van der Waals surface area (Å²) in [6, 6.07) is 0. The van der Waals surface area contributed by atoms with Crippen LogP contribution in [0.25, 0.3) is 0 Å². The predicted molar refractivity (Wildman–Crippen MR) is 49.1 cm³/mol. The molecule has 1 saturated heterocycles. The van der Waals surface area contributed by atoms with Crippen LogP contribution in [0.4, 0.5) is 0 Å². The zero-order valence-electron chi connectivity index (χ0n) is 8.20. The summed E-state index contributed by atoms with van der Waals surface area (Å²) in [5, 5.41) is 9.48. The van der Waals surface area contributed by atoms with E-state index in [4.69, 9.17) is 4.74 Å². The molecule has 2 saturated carbocycles. The quantitative estimate of drug-likeness (QED) is 0.620. The molecule has 1 unspecified atom stereocenters. The lowest BCUT2D eigenvalue weighted by Gasteiger charge is -2.45. The highest BCUT2D eigenvalue weighted by molar-refractivity contribution is 5.06. The molecule has 3 aliphatic rings. The van der Waals surface area contributed by atoms with Crippen LogP contribution in [0.5, 0.6) is 0 Å². The van der Waals surface area contributed by atoms with Crippen LogP contribution in [0, 0.1) is 17.3 Å². The van der Waals surface area contributed by atoms with Gasteiger partial charge in [-0.15, -0.1) is 0 Å². The molecule has 2 heteroatoms. The maximum absolute atomic E-state index is 9.48. The maximum Gasteiger partial charge on any atom is 0.154 e. The third-order valence-electron chi connectivity index (χ3n) is 4.72. The lowest BCUT2D eigenvalue weighted by molar-refractivity contribution is -0.220. The summed E-state index contributed by atoms with van der Waals surface area (Å²) >= 11 is 0. The van der Waals surface area contributed by atoms with E-state index in [2.05, 4.69) is 6.92 Å². The van der Waals surface area contributed by atoms with Gasteiger partial charge in [0, 0.05) is 0 Å². The largest absolute Gasteiger partial charge is 0.368 e. The Morgan fingerprint density at radius 3 is 3.00 bits per heavy atom. The SMILES string of the molecule is C[C@@]12CCC(O)O[C@@H]1[C@@H]1CC[C@H]2C1. The Hall–Kier alpha value is -0.0800. The Bertz CT molecular complexity index is 228. The predicted octanol–water partition coefficient (Wildman–Crippen LogP) is 1.92. The van der Waals surface area contributed by atoms with Crippen molar-refractivity contribution in [3.63, 3.8) is 0 Å². The molecule has 0 radical (unpaired) electrons. The van der Waals surface area contributed by atoms with E-state index in [0.717, 1.165) is 18.3 Å². The summed E-state index contributed by atoms with van der Waals surface area (Å²) in [6.45, 7) is 2.37. The fourth-order valence-corrected chi connectivity index (χ4v) is 3.95. The molecule has 1 aliphatic heterocycles. The first-order chi connectivity index (χ1) is 6.20. The van der Waals surface area contributed by atoms with Gasteiger partial charge in [0.15, 0.2) is 6.29 Å². The fourth-order valence-electron chi connectivity index (χ4n) is 3.95. The normalized spacial score (nSPS) is 59.5. The molecule has 3 rings (SSSR count). The Labute approximate surface area is 79.3 Å². The van der Waals surface area contributed by atoms with Gasteiger partial charge in [-0.25, -0.2) is 0 Å². The molecule has 0 amide bonds. The number of aliphatic hydroxyl groups excluding tert-OH is 1. The standard InChI is InChI=1S/C11H18O2/c1-11-5-4-9(12)13-10(11)7-2-3-8(11)6-7/h7-10,12H,2-6H2,1H3/t7-,8+,9?,10-,11+/m1/s1. The van der Waals surface area contributed by atoms with E-state index >= 15 is 0 Å². The molecule has 74 valence electrons. The van der Waals surface area contributed by atoms with Crippen LogP contribution in [-0.4, -0.2) is 17.5 Å². The molecule has 1 heterocycles. The van der Waals surface area contributed by atoms with Gasteiger partial charge in [-0.2, -0.15) is 0 Å². The fraction of sp³-hybridized carbons (Fsp3) is 1.00. The van der Waals surface area contributed by atoms with Gasteiger partial charge in [0.05, 0.1) is 6.10 Å². The van der Waals surface area contributed by atoms with Crippen LogP contribution >= 0.6 is 0 Å². The van der Waals surface area contributed by atoms with Crippen LogP contribution in [0.15, 0.2) is 0 Å². The zero-order valence-corrected chi connectivity index (χ0v) is 8.20. The van der Waals surface area contributed by atoms with Gasteiger partial charge >= 0.3 is 0 Å². The number of ether oxygens (including phenoxy) is 1. The lowest BCUT2D eigenvalue weighted by atomic mass is 9.68. The van der Waals surface area contributed by atoms with Crippen molar-refractivity contribution >= 4 is 0 Å². The summed E-state index contributed by atoms with van der Waals surface area (Å²) in [6.07, 6.45) is 5.99. The molecule has 1 N–H and O–H groups in total. The summed E-state index contributed by atoms with van der Waals surface area (Å²) in [7, 11) is 0. The van der Waals surface area contributed by atoms with Crippen molar-refractivity contribution < 1.29 is 9.84 Å². The van der Waals surface area contributed by atoms with Crippen molar-refractivity contribution in [1.82, 2.24) is 0 Å². The number of fused-ring (bicyclic) bond motifs is 5. The van der Waals surface area contributed by atoms with Gasteiger partial charge in [-0.05, 0) is 49.4 Å². The summed E-state index contributed by atoms with van der Waals surface area (Å²) in [4.78, 5) is 0. The van der Waals surface area contributed by atoms with Crippen LogP contribution in [0.2, 0.25) is 0 Å². The van der Waals surface area contributed by atoms with Gasteiger partial charge in [0.2, 0.25) is 0 Å². The Morgan fingerprint density at radius 2 is 2.15 bits per heavy atom. The van der Waals surface area contributed by atoms with Gasteiger partial charge in [-0.3, -0.25) is 0 Å². The topological polar surface area (TPSA) is 29.5 Å². The van der Waals surface area contributed by atoms with Crippen molar-refractivity contribution in [3.05, 3.63) is 0 Å². The number of hydrogen-bond donors (Lipinski definition) is 1. The van der Waals surface area contributed by atoms with Crippen molar-refractivity contribution in [2.75, 3.05) is 0 Å². The molecule has 3 fully saturated rings. The van der Waals surface area contributed by atoms with Gasteiger partial charge < -0.3 is 9.84 Å². The highest BCUT2D eigenvalue weighted by atomic mass is 16.6. The zero-order chi connectivity index (χ0) is 9.05. The monoisotopic (exact) mass is 182 g/mol. The van der Waals surface area contributed by atoms with Crippen molar-refractivity contribution in [1.29, 1.82) is 0 Å². The van der Waals surface area contributed by atoms with E-state index in [1.165, 1.54) is 25.7 Å². The van der Waals surface area contributed by atoms with Crippen LogP contribution in [-0.2, 0) is 4.74 Å². The van der Waals surface area contributed by atoms with Gasteiger partial charge in [-0.1, -0.05) is 6.92 Å². The Balaban J connectivity index is 1.90. The van der Waals surface area contributed by atoms with Crippen molar-refractivity contribution in [2.24, 2.45) is 17.3 Å². The molecule has 13 heavy (non-hydrogen) atoms. The molecule has 2 bridgehead atoms. The minimum Gasteiger partial charge on any atom is -0.368 e. The number of aliphatic hydroxyl groups is 1. The molecule has 0 spiro atoms. The highest BCUT2D eigenvalue weighted by Crippen LogP contribution is 2.60. The van der Waals surface area contributed by atoms with E-state index in [1.807, 2.05) is 0 Å². The average Bonchev–Trinajstić information content (AvgIpc) is 2.66. The molecule has 2 aliphatic carbocycles. The van der Waals surface area contributed by atoms with Crippen molar-refractivity contribution in [3.8, 4) is 0 Å². The summed E-state index contributed by atoms with van der Waals surface area (Å²) < 4.78 is 5.70. The minimum atomic E-state index is -0.475. The first-order valence-corrected chi connectivity index (χ1v) is 5.54. The van der Waals surface area contributed by atoms with Crippen LogP contribution < -0.4 is 0 Å². The van der Waals surface area contributed by atoms with Gasteiger partial charge in [0.25, 0.3) is 0 Å². The number of rotatable bonds is 0. The smallest absolute Gasteiger partial charge is 0.154 e. The summed E-state index contributed by atoms with van der Waals surface area (Å²) in [5.41, 5.74) is 0.405. The van der Waals surface area contributed by atoms with E-state index in [1.54, 1.807) is 0 Å². The lowest BCUT2D eigenvalue weighted by Crippen LogP contribution is -2.46. The van der Waals surface area contributed by atoms with Crippen molar-refractivity contribution in [2.45, 2.75) is 51.4 Å². The molecule has 2 nitrogen and oxygen atoms in total. The number of hydrogen-bond acceptors (Lipinski definition) is 2. The first kappa shape index (κ1) is 8.25. The second-order valence-electron chi connectivity index (χ2n) is 5.33.